The molecule has 1 aliphatic heterocycles. The van der Waals surface area contributed by atoms with E-state index < -0.39 is 12.3 Å². The van der Waals surface area contributed by atoms with Crippen LogP contribution in [0.2, 0.25) is 0 Å². The second-order valence-corrected chi connectivity index (χ2v) is 4.57. The lowest BCUT2D eigenvalue weighted by atomic mass is 9.97. The molecule has 4 heteroatoms. The van der Waals surface area contributed by atoms with E-state index in [1.807, 2.05) is 7.05 Å². The van der Waals surface area contributed by atoms with Gasteiger partial charge in [0.1, 0.15) is 0 Å². The molecule has 1 aliphatic rings. The molecule has 1 unspecified atom stereocenters. The molecule has 12 heavy (non-hydrogen) atoms. The van der Waals surface area contributed by atoms with Gasteiger partial charge in [-0.15, -0.1) is 0 Å². The normalized spacial score (nSPS) is 38.0. The molecule has 1 heterocycles. The monoisotopic (exact) mass is 289 g/mol. The van der Waals surface area contributed by atoms with Crippen molar-refractivity contribution in [3.05, 3.63) is 0 Å². The highest BCUT2D eigenvalue weighted by molar-refractivity contribution is 14.1. The number of rotatable bonds is 2. The SMILES string of the molecule is CN1CC(C(F)F)C[C@@]1(C)CI. The third-order valence-electron chi connectivity index (χ3n) is 2.78. The van der Waals surface area contributed by atoms with Crippen molar-refractivity contribution >= 4 is 22.6 Å². The molecule has 0 saturated carbocycles. The average Bonchev–Trinajstić information content (AvgIpc) is 2.30. The fourth-order valence-electron chi connectivity index (χ4n) is 1.68. The van der Waals surface area contributed by atoms with Gasteiger partial charge in [0.25, 0.3) is 0 Å². The van der Waals surface area contributed by atoms with Crippen LogP contribution in [-0.4, -0.2) is 34.9 Å². The summed E-state index contributed by atoms with van der Waals surface area (Å²) in [4.78, 5) is 2.05. The molecule has 0 amide bonds. The Morgan fingerprint density at radius 1 is 1.67 bits per heavy atom. The molecule has 1 rings (SSSR count). The van der Waals surface area contributed by atoms with Crippen molar-refractivity contribution in [3.8, 4) is 0 Å². The number of likely N-dealkylation sites (tertiary alicyclic amines) is 1. The Balaban J connectivity index is 2.61. The highest BCUT2D eigenvalue weighted by Gasteiger charge is 2.42. The number of alkyl halides is 3. The van der Waals surface area contributed by atoms with Gasteiger partial charge in [-0.25, -0.2) is 8.78 Å². The Kier molecular flexibility index (Phi) is 3.31. The van der Waals surface area contributed by atoms with Gasteiger partial charge < -0.3 is 0 Å². The lowest BCUT2D eigenvalue weighted by Crippen LogP contribution is -2.39. The Bertz CT molecular complexity index is 165. The maximum Gasteiger partial charge on any atom is 0.242 e. The molecular formula is C8H14F2IN. The van der Waals surface area contributed by atoms with Gasteiger partial charge in [-0.05, 0) is 20.4 Å². The highest BCUT2D eigenvalue weighted by Crippen LogP contribution is 2.35. The van der Waals surface area contributed by atoms with Crippen LogP contribution in [-0.2, 0) is 0 Å². The molecule has 0 spiro atoms. The predicted molar refractivity (Wildman–Crippen MR) is 54.0 cm³/mol. The van der Waals surface area contributed by atoms with E-state index in [0.29, 0.717) is 13.0 Å². The Morgan fingerprint density at radius 3 is 2.50 bits per heavy atom. The van der Waals surface area contributed by atoms with E-state index >= 15 is 0 Å². The van der Waals surface area contributed by atoms with Crippen molar-refractivity contribution in [2.24, 2.45) is 5.92 Å². The van der Waals surface area contributed by atoms with E-state index in [1.165, 1.54) is 0 Å². The van der Waals surface area contributed by atoms with Crippen molar-refractivity contribution in [1.29, 1.82) is 0 Å². The van der Waals surface area contributed by atoms with E-state index in [1.54, 1.807) is 0 Å². The molecule has 0 N–H and O–H groups in total. The van der Waals surface area contributed by atoms with Crippen LogP contribution in [0.4, 0.5) is 8.78 Å². The second-order valence-electron chi connectivity index (χ2n) is 3.81. The first-order valence-electron chi connectivity index (χ1n) is 4.05. The minimum atomic E-state index is -2.16. The van der Waals surface area contributed by atoms with E-state index in [0.717, 1.165) is 4.43 Å². The first kappa shape index (κ1) is 10.6. The fraction of sp³-hybridized carbons (Fsp3) is 1.00. The van der Waals surface area contributed by atoms with E-state index in [2.05, 4.69) is 34.4 Å². The van der Waals surface area contributed by atoms with Crippen LogP contribution in [0.3, 0.4) is 0 Å². The lowest BCUT2D eigenvalue weighted by Gasteiger charge is -2.29. The largest absolute Gasteiger partial charge is 0.300 e. The summed E-state index contributed by atoms with van der Waals surface area (Å²) in [6, 6.07) is 0. The van der Waals surface area contributed by atoms with Crippen LogP contribution in [0.25, 0.3) is 0 Å². The summed E-state index contributed by atoms with van der Waals surface area (Å²) in [5, 5.41) is 0. The Labute approximate surface area is 85.6 Å². The molecule has 1 fully saturated rings. The summed E-state index contributed by atoms with van der Waals surface area (Å²) in [7, 11) is 1.93. The summed E-state index contributed by atoms with van der Waals surface area (Å²) in [6.07, 6.45) is -1.53. The molecule has 0 aromatic carbocycles. The van der Waals surface area contributed by atoms with Gasteiger partial charge in [0.15, 0.2) is 0 Å². The van der Waals surface area contributed by atoms with Crippen LogP contribution < -0.4 is 0 Å². The number of hydrogen-bond donors (Lipinski definition) is 0. The van der Waals surface area contributed by atoms with Gasteiger partial charge in [-0.3, -0.25) is 4.90 Å². The van der Waals surface area contributed by atoms with Crippen molar-refractivity contribution in [2.45, 2.75) is 25.3 Å². The van der Waals surface area contributed by atoms with E-state index in [-0.39, 0.29) is 5.54 Å². The average molecular weight is 289 g/mol. The summed E-state index contributed by atoms with van der Waals surface area (Å²) < 4.78 is 25.6. The molecule has 0 aliphatic carbocycles. The van der Waals surface area contributed by atoms with E-state index in [9.17, 15) is 8.78 Å². The lowest BCUT2D eigenvalue weighted by molar-refractivity contribution is 0.0819. The Hall–Kier alpha value is 0.550. The van der Waals surface area contributed by atoms with Gasteiger partial charge in [0, 0.05) is 22.4 Å². The van der Waals surface area contributed by atoms with Crippen LogP contribution in [0.1, 0.15) is 13.3 Å². The first-order chi connectivity index (χ1) is 5.49. The third kappa shape index (κ3) is 1.89. The second kappa shape index (κ2) is 3.74. The molecule has 1 nitrogen and oxygen atoms in total. The number of nitrogens with zero attached hydrogens (tertiary/aromatic N) is 1. The first-order valence-corrected chi connectivity index (χ1v) is 5.57. The van der Waals surface area contributed by atoms with Gasteiger partial charge in [0.05, 0.1) is 0 Å². The quantitative estimate of drug-likeness (QED) is 0.557. The highest BCUT2D eigenvalue weighted by atomic mass is 127. The number of halogens is 3. The van der Waals surface area contributed by atoms with Crippen LogP contribution in [0.5, 0.6) is 0 Å². The summed E-state index contributed by atoms with van der Waals surface area (Å²) >= 11 is 2.27. The van der Waals surface area contributed by atoms with Crippen LogP contribution in [0.15, 0.2) is 0 Å². The Morgan fingerprint density at radius 2 is 2.25 bits per heavy atom. The van der Waals surface area contributed by atoms with Gasteiger partial charge >= 0.3 is 0 Å². The maximum absolute atomic E-state index is 12.4. The zero-order chi connectivity index (χ0) is 9.35. The minimum Gasteiger partial charge on any atom is -0.300 e. The van der Waals surface area contributed by atoms with Gasteiger partial charge in [0.2, 0.25) is 6.43 Å². The van der Waals surface area contributed by atoms with Gasteiger partial charge in [-0.1, -0.05) is 22.6 Å². The molecule has 72 valence electrons. The van der Waals surface area contributed by atoms with Crippen molar-refractivity contribution < 1.29 is 8.78 Å². The minimum absolute atomic E-state index is 0.0122. The zero-order valence-corrected chi connectivity index (χ0v) is 9.51. The van der Waals surface area contributed by atoms with Crippen LogP contribution in [0, 0.1) is 5.92 Å². The number of hydrogen-bond acceptors (Lipinski definition) is 1. The third-order valence-corrected chi connectivity index (χ3v) is 4.42. The standard InChI is InChI=1S/C8H14F2IN/c1-8(5-11)3-6(7(9)10)4-12(8)2/h6-7H,3-5H2,1-2H3/t6?,8-/m0/s1. The van der Waals surface area contributed by atoms with Crippen molar-refractivity contribution in [1.82, 2.24) is 4.90 Å². The maximum atomic E-state index is 12.4. The smallest absolute Gasteiger partial charge is 0.242 e. The summed E-state index contributed by atoms with van der Waals surface area (Å²) in [5.41, 5.74) is -0.0122. The van der Waals surface area contributed by atoms with Crippen LogP contribution >= 0.6 is 22.6 Å². The molecule has 0 radical (unpaired) electrons. The molecule has 0 aromatic heterocycles. The predicted octanol–water partition coefficient (Wildman–Crippen LogP) is 2.40. The molecule has 2 atom stereocenters. The summed E-state index contributed by atoms with van der Waals surface area (Å²) in [5.74, 6) is -0.422. The topological polar surface area (TPSA) is 3.24 Å². The fourth-order valence-corrected chi connectivity index (χ4v) is 2.58. The molecular weight excluding hydrogens is 275 g/mol. The van der Waals surface area contributed by atoms with Crippen molar-refractivity contribution in [2.75, 3.05) is 18.0 Å². The summed E-state index contributed by atoms with van der Waals surface area (Å²) in [6.45, 7) is 2.60. The van der Waals surface area contributed by atoms with Crippen molar-refractivity contribution in [3.63, 3.8) is 0 Å². The molecule has 0 aromatic rings. The molecule has 1 saturated heterocycles. The van der Waals surface area contributed by atoms with E-state index in [4.69, 9.17) is 0 Å². The molecule has 0 bridgehead atoms. The van der Waals surface area contributed by atoms with Gasteiger partial charge in [-0.2, -0.15) is 0 Å². The zero-order valence-electron chi connectivity index (χ0n) is 7.36.